The van der Waals surface area contributed by atoms with Crippen molar-refractivity contribution in [1.82, 2.24) is 9.55 Å². The predicted octanol–water partition coefficient (Wildman–Crippen LogP) is 6.90. The van der Waals surface area contributed by atoms with Gasteiger partial charge in [-0.25, -0.2) is 4.98 Å². The smallest absolute Gasteiger partial charge is 0.293 e. The van der Waals surface area contributed by atoms with Crippen molar-refractivity contribution in [2.45, 2.75) is 83.8 Å². The minimum absolute atomic E-state index is 0.241. The monoisotopic (exact) mass is 511 g/mol. The summed E-state index contributed by atoms with van der Waals surface area (Å²) in [6.07, 6.45) is 18.6. The van der Waals surface area contributed by atoms with E-state index in [1.54, 1.807) is 12.3 Å². The Hall–Kier alpha value is -3.50. The van der Waals surface area contributed by atoms with Crippen LogP contribution in [-0.4, -0.2) is 27.8 Å². The highest BCUT2D eigenvalue weighted by Crippen LogP contribution is 2.45. The summed E-state index contributed by atoms with van der Waals surface area (Å²) in [5, 5.41) is 3.12. The van der Waals surface area contributed by atoms with E-state index in [9.17, 15) is 4.79 Å². The van der Waals surface area contributed by atoms with Crippen LogP contribution in [-0.2, 0) is 21.7 Å². The largest absolute Gasteiger partial charge is 0.368 e. The van der Waals surface area contributed by atoms with Crippen molar-refractivity contribution in [2.75, 3.05) is 11.9 Å². The number of nitrogens with zero attached hydrogens (tertiary/aromatic N) is 4. The molecule has 2 aliphatic carbocycles. The molecule has 1 saturated carbocycles. The van der Waals surface area contributed by atoms with Gasteiger partial charge >= 0.3 is 0 Å². The molecule has 5 rings (SSSR count). The van der Waals surface area contributed by atoms with E-state index in [0.29, 0.717) is 18.7 Å². The maximum absolute atomic E-state index is 13.1. The van der Waals surface area contributed by atoms with Crippen molar-refractivity contribution < 1.29 is 9.53 Å². The molecule has 1 amide bonds. The molecule has 0 saturated heterocycles. The van der Waals surface area contributed by atoms with Gasteiger partial charge in [0.1, 0.15) is 0 Å². The molecule has 1 aromatic heterocycles. The molecule has 198 valence electrons. The first-order valence-electron chi connectivity index (χ1n) is 13.8. The molecule has 0 atom stereocenters. The lowest BCUT2D eigenvalue weighted by atomic mass is 9.75. The number of nitrogens with one attached hydrogen (secondary N) is 1. The number of aliphatic imine (C=N–C) groups is 1. The fraction of sp³-hybridized carbons (Fsp3) is 0.484. The molecular formula is C31H37N5O2. The number of ether oxygens (including phenoxy) is 1. The van der Waals surface area contributed by atoms with Crippen LogP contribution in [0.2, 0.25) is 0 Å². The first kappa shape index (κ1) is 26.1. The van der Waals surface area contributed by atoms with Gasteiger partial charge in [0.2, 0.25) is 0 Å². The third kappa shape index (κ3) is 5.81. The molecule has 7 nitrogen and oxygen atoms in total. The summed E-state index contributed by atoms with van der Waals surface area (Å²) in [6, 6.07) is 6.44. The summed E-state index contributed by atoms with van der Waals surface area (Å²) >= 11 is 0. The summed E-state index contributed by atoms with van der Waals surface area (Å²) in [7, 11) is 0. The lowest BCUT2D eigenvalue weighted by Gasteiger charge is -2.38. The average Bonchev–Trinajstić information content (AvgIpc) is 3.62. The van der Waals surface area contributed by atoms with Gasteiger partial charge in [0.05, 0.1) is 18.5 Å². The lowest BCUT2D eigenvalue weighted by molar-refractivity contribution is -0.110. The van der Waals surface area contributed by atoms with Crippen LogP contribution in [0.25, 0.3) is 10.4 Å². The molecule has 1 fully saturated rings. The molecule has 2 heterocycles. The number of anilines is 1. The van der Waals surface area contributed by atoms with Crippen LogP contribution in [0.15, 0.2) is 59.9 Å². The van der Waals surface area contributed by atoms with Gasteiger partial charge in [0, 0.05) is 36.6 Å². The number of allylic oxidation sites excluding steroid dienone is 3. The molecule has 7 heteroatoms. The van der Waals surface area contributed by atoms with E-state index < -0.39 is 0 Å². The molecule has 0 bridgehead atoms. The zero-order valence-electron chi connectivity index (χ0n) is 22.5. The first-order chi connectivity index (χ1) is 18.4. The highest BCUT2D eigenvalue weighted by Gasteiger charge is 2.36. The number of hydrogen-bond acceptors (Lipinski definition) is 4. The lowest BCUT2D eigenvalue weighted by Crippen LogP contribution is -2.34. The molecule has 2 aromatic rings. The average molecular weight is 512 g/mol. The number of carbonyl (C=O) groups excluding carboxylic acids is 1. The summed E-state index contributed by atoms with van der Waals surface area (Å²) in [4.78, 5) is 24.8. The fourth-order valence-corrected chi connectivity index (χ4v) is 5.75. The van der Waals surface area contributed by atoms with Gasteiger partial charge in [-0.05, 0) is 60.8 Å². The quantitative estimate of drug-likeness (QED) is 0.392. The Bertz CT molecular complexity index is 1300. The minimum atomic E-state index is -0.325. The van der Waals surface area contributed by atoms with E-state index in [0.717, 1.165) is 62.7 Å². The summed E-state index contributed by atoms with van der Waals surface area (Å²) in [5.41, 5.74) is 4.69. The van der Waals surface area contributed by atoms with Crippen molar-refractivity contribution in [2.24, 2.45) is 10.4 Å². The Balaban J connectivity index is 1.45. The summed E-state index contributed by atoms with van der Waals surface area (Å²) in [6.45, 7) is 13.2. The van der Waals surface area contributed by atoms with Crippen LogP contribution >= 0.6 is 0 Å². The van der Waals surface area contributed by atoms with Crippen molar-refractivity contribution in [3.63, 3.8) is 0 Å². The SMILES string of the molecule is [C-]#[N+]C1=CCC(C(=O)Nc2ccc(C3(OCCn4ccnc4)CCCCC3)cc2C2=CCC(C)(C)CC2)=N1. The number of rotatable bonds is 8. The molecular weight excluding hydrogens is 474 g/mol. The van der Waals surface area contributed by atoms with Gasteiger partial charge in [-0.15, -0.1) is 4.99 Å². The van der Waals surface area contributed by atoms with Gasteiger partial charge in [-0.1, -0.05) is 57.9 Å². The van der Waals surface area contributed by atoms with E-state index in [1.807, 2.05) is 18.6 Å². The topological polar surface area (TPSA) is 72.9 Å². The van der Waals surface area contributed by atoms with E-state index in [2.05, 4.69) is 56.8 Å². The van der Waals surface area contributed by atoms with Crippen LogP contribution in [0.1, 0.15) is 82.8 Å². The Kier molecular flexibility index (Phi) is 7.62. The molecule has 3 aliphatic rings. The minimum Gasteiger partial charge on any atom is -0.368 e. The second-order valence-electron chi connectivity index (χ2n) is 11.5. The number of carbonyl (C=O) groups is 1. The maximum atomic E-state index is 13.1. The highest BCUT2D eigenvalue weighted by atomic mass is 16.5. The summed E-state index contributed by atoms with van der Waals surface area (Å²) < 4.78 is 8.77. The second-order valence-corrected chi connectivity index (χ2v) is 11.5. The predicted molar refractivity (Wildman–Crippen MR) is 150 cm³/mol. The number of aromatic nitrogens is 2. The van der Waals surface area contributed by atoms with Crippen LogP contribution in [0.5, 0.6) is 0 Å². The molecule has 1 N–H and O–H groups in total. The third-order valence-electron chi connectivity index (χ3n) is 8.16. The maximum Gasteiger partial charge on any atom is 0.293 e. The van der Waals surface area contributed by atoms with Crippen molar-refractivity contribution in [3.05, 3.63) is 77.4 Å². The van der Waals surface area contributed by atoms with E-state index in [1.165, 1.54) is 17.6 Å². The van der Waals surface area contributed by atoms with Gasteiger partial charge in [-0.3, -0.25) is 4.79 Å². The van der Waals surface area contributed by atoms with Crippen molar-refractivity contribution >= 4 is 22.9 Å². The van der Waals surface area contributed by atoms with Crippen molar-refractivity contribution in [3.8, 4) is 0 Å². The molecule has 38 heavy (non-hydrogen) atoms. The zero-order chi connectivity index (χ0) is 26.6. The Morgan fingerprint density at radius 1 is 1.18 bits per heavy atom. The number of hydrogen-bond donors (Lipinski definition) is 1. The fourth-order valence-electron chi connectivity index (χ4n) is 5.75. The van der Waals surface area contributed by atoms with Gasteiger partial charge < -0.3 is 19.5 Å². The number of amides is 1. The van der Waals surface area contributed by atoms with Crippen LogP contribution in [0.3, 0.4) is 0 Å². The van der Waals surface area contributed by atoms with Gasteiger partial charge in [-0.2, -0.15) is 0 Å². The normalized spacial score (nSPS) is 20.2. The zero-order valence-corrected chi connectivity index (χ0v) is 22.5. The number of imidazole rings is 1. The van der Waals surface area contributed by atoms with Crippen molar-refractivity contribution in [1.29, 1.82) is 0 Å². The standard InChI is InChI=1S/C31H37N5O2/c1-30(2)15-11-23(12-16-30)25-21-24(7-8-26(25)35-29(37)27-9-10-28(32-3)34-27)31(13-5-4-6-14-31)38-20-19-36-18-17-33-22-36/h7-8,10-11,17-18,21-22H,4-6,9,12-16,19-20H2,1-2H3,(H,35,37). The Morgan fingerprint density at radius 2 is 2.03 bits per heavy atom. The Labute approximate surface area is 225 Å². The van der Waals surface area contributed by atoms with Crippen LogP contribution in [0.4, 0.5) is 5.69 Å². The summed E-state index contributed by atoms with van der Waals surface area (Å²) in [5.74, 6) is 0.0459. The first-order valence-corrected chi connectivity index (χ1v) is 13.8. The van der Waals surface area contributed by atoms with Crippen LogP contribution in [0, 0.1) is 12.0 Å². The third-order valence-corrected chi connectivity index (χ3v) is 8.16. The molecule has 0 unspecified atom stereocenters. The van der Waals surface area contributed by atoms with E-state index >= 15 is 0 Å². The van der Waals surface area contributed by atoms with Gasteiger partial charge in [0.25, 0.3) is 11.7 Å². The second kappa shape index (κ2) is 11.1. The Morgan fingerprint density at radius 3 is 2.71 bits per heavy atom. The molecule has 1 aromatic carbocycles. The van der Waals surface area contributed by atoms with E-state index in [-0.39, 0.29) is 22.7 Å². The van der Waals surface area contributed by atoms with Crippen LogP contribution < -0.4 is 5.32 Å². The molecule has 0 radical (unpaired) electrons. The molecule has 1 aliphatic heterocycles. The number of benzene rings is 1. The van der Waals surface area contributed by atoms with E-state index in [4.69, 9.17) is 11.3 Å². The van der Waals surface area contributed by atoms with Gasteiger partial charge in [0.15, 0.2) is 5.71 Å². The molecule has 0 spiro atoms. The highest BCUT2D eigenvalue weighted by molar-refractivity contribution is 6.44.